The first-order valence-corrected chi connectivity index (χ1v) is 6.66. The van der Waals surface area contributed by atoms with Gasteiger partial charge in [0.2, 0.25) is 0 Å². The molecule has 0 aromatic heterocycles. The lowest BCUT2D eigenvalue weighted by atomic mass is 10.0. The predicted octanol–water partition coefficient (Wildman–Crippen LogP) is 3.42. The number of halogens is 2. The van der Waals surface area contributed by atoms with Gasteiger partial charge in [-0.2, -0.15) is 0 Å². The lowest BCUT2D eigenvalue weighted by Crippen LogP contribution is -2.41. The molecule has 0 aliphatic carbocycles. The van der Waals surface area contributed by atoms with Crippen LogP contribution in [0.15, 0.2) is 18.2 Å². The van der Waals surface area contributed by atoms with Gasteiger partial charge in [0.05, 0.1) is 11.1 Å². The van der Waals surface area contributed by atoms with E-state index in [1.54, 1.807) is 19.2 Å². The van der Waals surface area contributed by atoms with Gasteiger partial charge < -0.3 is 10.1 Å². The third-order valence-corrected chi connectivity index (χ3v) is 3.32. The average Bonchev–Trinajstić information content (AvgIpc) is 2.37. The first-order chi connectivity index (χ1) is 8.58. The normalized spacial score (nSPS) is 14.5. The van der Waals surface area contributed by atoms with E-state index < -0.39 is 0 Å². The number of hydrogen-bond donors (Lipinski definition) is 1. The quantitative estimate of drug-likeness (QED) is 0.822. The summed E-state index contributed by atoms with van der Waals surface area (Å²) in [7, 11) is 1.70. The molecule has 1 N–H and O–H groups in total. The SMILES string of the molecule is CCCNC(Cc1ccc(F)c(Cl)c1)C(C)OC. The highest BCUT2D eigenvalue weighted by atomic mass is 35.5. The molecule has 0 radical (unpaired) electrons. The van der Waals surface area contributed by atoms with Crippen LogP contribution in [0.25, 0.3) is 0 Å². The van der Waals surface area contributed by atoms with Crippen LogP contribution < -0.4 is 5.32 Å². The Bertz CT molecular complexity index is 373. The first-order valence-electron chi connectivity index (χ1n) is 6.28. The molecule has 1 aromatic carbocycles. The summed E-state index contributed by atoms with van der Waals surface area (Å²) >= 11 is 5.79. The Balaban J connectivity index is 2.71. The zero-order chi connectivity index (χ0) is 13.5. The number of ether oxygens (including phenoxy) is 1. The Kier molecular flexibility index (Phi) is 6.61. The lowest BCUT2D eigenvalue weighted by molar-refractivity contribution is 0.0831. The minimum Gasteiger partial charge on any atom is -0.380 e. The van der Waals surface area contributed by atoms with Crippen molar-refractivity contribution in [1.82, 2.24) is 5.32 Å². The molecule has 0 saturated heterocycles. The molecule has 4 heteroatoms. The smallest absolute Gasteiger partial charge is 0.141 e. The summed E-state index contributed by atoms with van der Waals surface area (Å²) < 4.78 is 18.5. The molecule has 0 aliphatic rings. The van der Waals surface area contributed by atoms with Crippen molar-refractivity contribution < 1.29 is 9.13 Å². The minimum absolute atomic E-state index is 0.0976. The molecule has 0 spiro atoms. The fraction of sp³-hybridized carbons (Fsp3) is 0.571. The summed E-state index contributed by atoms with van der Waals surface area (Å²) in [6.07, 6.45) is 1.94. The van der Waals surface area contributed by atoms with Gasteiger partial charge >= 0.3 is 0 Å². The number of hydrogen-bond acceptors (Lipinski definition) is 2. The van der Waals surface area contributed by atoms with E-state index in [1.807, 2.05) is 6.92 Å². The van der Waals surface area contributed by atoms with Crippen molar-refractivity contribution in [2.75, 3.05) is 13.7 Å². The number of nitrogens with one attached hydrogen (secondary N) is 1. The van der Waals surface area contributed by atoms with Crippen molar-refractivity contribution >= 4 is 11.6 Å². The molecule has 0 amide bonds. The molecule has 0 heterocycles. The lowest BCUT2D eigenvalue weighted by Gasteiger charge is -2.24. The van der Waals surface area contributed by atoms with Crippen molar-refractivity contribution in [3.8, 4) is 0 Å². The van der Waals surface area contributed by atoms with Gasteiger partial charge in [-0.15, -0.1) is 0 Å². The highest BCUT2D eigenvalue weighted by Crippen LogP contribution is 2.18. The molecule has 2 unspecified atom stereocenters. The minimum atomic E-state index is -0.377. The van der Waals surface area contributed by atoms with Crippen molar-refractivity contribution in [1.29, 1.82) is 0 Å². The van der Waals surface area contributed by atoms with Crippen molar-refractivity contribution in [3.63, 3.8) is 0 Å². The topological polar surface area (TPSA) is 21.3 Å². The summed E-state index contributed by atoms with van der Waals surface area (Å²) in [5.41, 5.74) is 1.01. The summed E-state index contributed by atoms with van der Waals surface area (Å²) in [6, 6.07) is 5.06. The third-order valence-electron chi connectivity index (χ3n) is 3.03. The summed E-state index contributed by atoms with van der Waals surface area (Å²) in [6.45, 7) is 5.09. The molecule has 2 atom stereocenters. The molecule has 0 saturated carbocycles. The van der Waals surface area contributed by atoms with E-state index in [1.165, 1.54) is 6.07 Å². The van der Waals surface area contributed by atoms with Crippen LogP contribution in [0.1, 0.15) is 25.8 Å². The Hall–Kier alpha value is -0.640. The van der Waals surface area contributed by atoms with E-state index in [4.69, 9.17) is 16.3 Å². The molecule has 18 heavy (non-hydrogen) atoms. The molecule has 1 aromatic rings. The predicted molar refractivity (Wildman–Crippen MR) is 73.7 cm³/mol. The van der Waals surface area contributed by atoms with Crippen LogP contribution in [-0.2, 0) is 11.2 Å². The summed E-state index contributed by atoms with van der Waals surface area (Å²) in [5, 5.41) is 3.61. The van der Waals surface area contributed by atoms with E-state index in [-0.39, 0.29) is 23.0 Å². The molecule has 0 fully saturated rings. The number of benzene rings is 1. The summed E-state index contributed by atoms with van der Waals surface area (Å²) in [4.78, 5) is 0. The van der Waals surface area contributed by atoms with Gasteiger partial charge in [-0.25, -0.2) is 4.39 Å². The monoisotopic (exact) mass is 273 g/mol. The highest BCUT2D eigenvalue weighted by molar-refractivity contribution is 6.30. The Labute approximate surface area is 113 Å². The van der Waals surface area contributed by atoms with Gasteiger partial charge in [0, 0.05) is 13.2 Å². The van der Waals surface area contributed by atoms with Crippen molar-refractivity contribution in [3.05, 3.63) is 34.6 Å². The van der Waals surface area contributed by atoms with Crippen LogP contribution in [-0.4, -0.2) is 25.8 Å². The van der Waals surface area contributed by atoms with Gasteiger partial charge in [0.25, 0.3) is 0 Å². The molecular formula is C14H21ClFNO. The number of rotatable bonds is 7. The second-order valence-electron chi connectivity index (χ2n) is 4.45. The average molecular weight is 274 g/mol. The van der Waals surface area contributed by atoms with E-state index >= 15 is 0 Å². The standard InChI is InChI=1S/C14H21ClFNO/c1-4-7-17-14(10(2)18-3)9-11-5-6-13(16)12(15)8-11/h5-6,8,10,14,17H,4,7,9H2,1-3H3. The Morgan fingerprint density at radius 1 is 1.44 bits per heavy atom. The van der Waals surface area contributed by atoms with Crippen molar-refractivity contribution in [2.24, 2.45) is 0 Å². The van der Waals surface area contributed by atoms with Crippen LogP contribution in [0.4, 0.5) is 4.39 Å². The van der Waals surface area contributed by atoms with Crippen LogP contribution in [0.5, 0.6) is 0 Å². The first kappa shape index (κ1) is 15.4. The van der Waals surface area contributed by atoms with E-state index in [0.29, 0.717) is 0 Å². The maximum atomic E-state index is 13.1. The van der Waals surface area contributed by atoms with Gasteiger partial charge in [0.15, 0.2) is 0 Å². The van der Waals surface area contributed by atoms with E-state index in [0.717, 1.165) is 24.9 Å². The van der Waals surface area contributed by atoms with E-state index in [2.05, 4.69) is 12.2 Å². The third kappa shape index (κ3) is 4.56. The second-order valence-corrected chi connectivity index (χ2v) is 4.86. The van der Waals surface area contributed by atoms with Crippen LogP contribution in [0, 0.1) is 5.82 Å². The van der Waals surface area contributed by atoms with Crippen LogP contribution >= 0.6 is 11.6 Å². The molecule has 2 nitrogen and oxygen atoms in total. The number of methoxy groups -OCH3 is 1. The summed E-state index contributed by atoms with van der Waals surface area (Å²) in [5.74, 6) is -0.377. The molecule has 0 aliphatic heterocycles. The second kappa shape index (κ2) is 7.72. The fourth-order valence-electron chi connectivity index (χ4n) is 1.82. The van der Waals surface area contributed by atoms with Crippen molar-refractivity contribution in [2.45, 2.75) is 38.8 Å². The zero-order valence-corrected chi connectivity index (χ0v) is 11.9. The highest BCUT2D eigenvalue weighted by Gasteiger charge is 2.17. The molecule has 1 rings (SSSR count). The maximum Gasteiger partial charge on any atom is 0.141 e. The zero-order valence-electron chi connectivity index (χ0n) is 11.2. The van der Waals surface area contributed by atoms with Crippen LogP contribution in [0.2, 0.25) is 5.02 Å². The fourth-order valence-corrected chi connectivity index (χ4v) is 2.02. The molecule has 102 valence electrons. The van der Waals surface area contributed by atoms with Crippen LogP contribution in [0.3, 0.4) is 0 Å². The Morgan fingerprint density at radius 3 is 2.72 bits per heavy atom. The maximum absolute atomic E-state index is 13.1. The van der Waals surface area contributed by atoms with Gasteiger partial charge in [-0.05, 0) is 44.0 Å². The van der Waals surface area contributed by atoms with Gasteiger partial charge in [-0.1, -0.05) is 24.6 Å². The van der Waals surface area contributed by atoms with Gasteiger partial charge in [0.1, 0.15) is 5.82 Å². The van der Waals surface area contributed by atoms with E-state index in [9.17, 15) is 4.39 Å². The molecule has 0 bridgehead atoms. The molecular weight excluding hydrogens is 253 g/mol. The van der Waals surface area contributed by atoms with Gasteiger partial charge in [-0.3, -0.25) is 0 Å². The Morgan fingerprint density at radius 2 is 2.17 bits per heavy atom. The largest absolute Gasteiger partial charge is 0.380 e.